The Hall–Kier alpha value is -1.17. The quantitative estimate of drug-likeness (QED) is 0.725. The summed E-state index contributed by atoms with van der Waals surface area (Å²) < 4.78 is 10.5. The van der Waals surface area contributed by atoms with E-state index in [9.17, 15) is 0 Å². The number of anilines is 1. The van der Waals surface area contributed by atoms with Crippen LogP contribution in [0.3, 0.4) is 0 Å². The van der Waals surface area contributed by atoms with Gasteiger partial charge in [-0.15, -0.1) is 0 Å². The Morgan fingerprint density at radius 2 is 2.05 bits per heavy atom. The first-order chi connectivity index (χ1) is 9.56. The number of nitrogens with zero attached hydrogens (tertiary/aromatic N) is 1. The minimum atomic E-state index is 0.0411. The number of hydrogen-bond donors (Lipinski definition) is 2. The zero-order chi connectivity index (χ0) is 15.0. The Kier molecular flexibility index (Phi) is 7.51. The third kappa shape index (κ3) is 5.86. The van der Waals surface area contributed by atoms with Crippen LogP contribution in [0.5, 0.6) is 0 Å². The molecule has 0 spiro atoms. The Morgan fingerprint density at radius 3 is 2.65 bits per heavy atom. The van der Waals surface area contributed by atoms with Crippen molar-refractivity contribution >= 4 is 5.69 Å². The highest BCUT2D eigenvalue weighted by Gasteiger charge is 2.09. The number of methoxy groups -OCH3 is 2. The van der Waals surface area contributed by atoms with Gasteiger partial charge in [0.25, 0.3) is 0 Å². The molecule has 1 unspecified atom stereocenters. The number of nitrogens with one attached hydrogen (secondary N) is 2. The van der Waals surface area contributed by atoms with Gasteiger partial charge in [-0.1, -0.05) is 13.8 Å². The van der Waals surface area contributed by atoms with Gasteiger partial charge in [-0.05, 0) is 13.0 Å². The molecule has 1 heterocycles. The molecule has 2 N–H and O–H groups in total. The Labute approximate surface area is 122 Å². The lowest BCUT2D eigenvalue weighted by Gasteiger charge is -2.18. The van der Waals surface area contributed by atoms with Crippen molar-refractivity contribution in [1.29, 1.82) is 0 Å². The van der Waals surface area contributed by atoms with E-state index in [2.05, 4.69) is 35.5 Å². The molecular formula is C15H27N3O2. The number of hydrogen-bond acceptors (Lipinski definition) is 5. The molecule has 0 aliphatic heterocycles. The summed E-state index contributed by atoms with van der Waals surface area (Å²) in [4.78, 5) is 4.37. The maximum absolute atomic E-state index is 5.36. The first kappa shape index (κ1) is 16.9. The van der Waals surface area contributed by atoms with Gasteiger partial charge in [0.15, 0.2) is 0 Å². The molecule has 0 aromatic carbocycles. The number of aromatic nitrogens is 1. The van der Waals surface area contributed by atoms with Crippen LogP contribution in [0.25, 0.3) is 0 Å². The molecule has 0 fully saturated rings. The highest BCUT2D eigenvalue weighted by Crippen LogP contribution is 2.16. The molecule has 0 saturated heterocycles. The second-order valence-electron chi connectivity index (χ2n) is 5.21. The van der Waals surface area contributed by atoms with E-state index in [0.717, 1.165) is 23.5 Å². The summed E-state index contributed by atoms with van der Waals surface area (Å²) in [5.41, 5.74) is 3.27. The Balaban J connectivity index is 2.68. The Morgan fingerprint density at radius 1 is 1.30 bits per heavy atom. The summed E-state index contributed by atoms with van der Waals surface area (Å²) in [5, 5.41) is 6.84. The first-order valence-electron chi connectivity index (χ1n) is 7.01. The van der Waals surface area contributed by atoms with Crippen LogP contribution in [0.4, 0.5) is 5.69 Å². The third-order valence-electron chi connectivity index (χ3n) is 3.03. The Bertz CT molecular complexity index is 397. The van der Waals surface area contributed by atoms with Crippen molar-refractivity contribution in [2.75, 3.05) is 32.7 Å². The van der Waals surface area contributed by atoms with Crippen molar-refractivity contribution in [2.24, 2.45) is 0 Å². The number of aryl methyl sites for hydroxylation is 1. The average Bonchev–Trinajstić information content (AvgIpc) is 2.42. The molecular weight excluding hydrogens is 254 g/mol. The molecule has 0 aliphatic carbocycles. The van der Waals surface area contributed by atoms with Crippen LogP contribution >= 0.6 is 0 Å². The molecule has 5 heteroatoms. The SMILES string of the molecule is COCC(CNc1cc(C)ncc1CNC(C)C)OC. The van der Waals surface area contributed by atoms with Crippen LogP contribution in [-0.4, -0.2) is 44.5 Å². The summed E-state index contributed by atoms with van der Waals surface area (Å²) in [6, 6.07) is 2.51. The van der Waals surface area contributed by atoms with E-state index < -0.39 is 0 Å². The van der Waals surface area contributed by atoms with Crippen molar-refractivity contribution in [3.05, 3.63) is 23.5 Å². The van der Waals surface area contributed by atoms with Crippen LogP contribution < -0.4 is 10.6 Å². The largest absolute Gasteiger partial charge is 0.382 e. The van der Waals surface area contributed by atoms with E-state index >= 15 is 0 Å². The molecule has 1 rings (SSSR count). The van der Waals surface area contributed by atoms with Gasteiger partial charge in [-0.2, -0.15) is 0 Å². The van der Waals surface area contributed by atoms with Gasteiger partial charge >= 0.3 is 0 Å². The predicted molar refractivity (Wildman–Crippen MR) is 82.1 cm³/mol. The molecule has 1 atom stereocenters. The van der Waals surface area contributed by atoms with Gasteiger partial charge in [0.05, 0.1) is 12.7 Å². The van der Waals surface area contributed by atoms with E-state index in [1.807, 2.05) is 13.1 Å². The van der Waals surface area contributed by atoms with Crippen molar-refractivity contribution in [3.63, 3.8) is 0 Å². The molecule has 5 nitrogen and oxygen atoms in total. The van der Waals surface area contributed by atoms with Crippen molar-refractivity contribution < 1.29 is 9.47 Å². The van der Waals surface area contributed by atoms with Crippen LogP contribution in [-0.2, 0) is 16.0 Å². The third-order valence-corrected chi connectivity index (χ3v) is 3.03. The maximum Gasteiger partial charge on any atom is 0.0976 e. The highest BCUT2D eigenvalue weighted by atomic mass is 16.5. The maximum atomic E-state index is 5.36. The lowest BCUT2D eigenvalue weighted by Crippen LogP contribution is -2.28. The molecule has 114 valence electrons. The normalized spacial score (nSPS) is 12.7. The summed E-state index contributed by atoms with van der Waals surface area (Å²) in [6.45, 7) is 8.35. The van der Waals surface area contributed by atoms with E-state index in [1.54, 1.807) is 14.2 Å². The fraction of sp³-hybridized carbons (Fsp3) is 0.667. The molecule has 0 bridgehead atoms. The highest BCUT2D eigenvalue weighted by molar-refractivity contribution is 5.51. The van der Waals surface area contributed by atoms with Gasteiger partial charge in [0.1, 0.15) is 0 Å². The van der Waals surface area contributed by atoms with E-state index in [0.29, 0.717) is 19.2 Å². The molecule has 1 aromatic rings. The summed E-state index contributed by atoms with van der Waals surface area (Å²) >= 11 is 0. The van der Waals surface area contributed by atoms with Crippen molar-refractivity contribution in [3.8, 4) is 0 Å². The second kappa shape index (κ2) is 8.89. The van der Waals surface area contributed by atoms with Crippen molar-refractivity contribution in [2.45, 2.75) is 39.5 Å². The predicted octanol–water partition coefficient (Wildman–Crippen LogP) is 1.96. The van der Waals surface area contributed by atoms with Crippen LogP contribution in [0.1, 0.15) is 25.1 Å². The van der Waals surface area contributed by atoms with Gasteiger partial charge in [-0.25, -0.2) is 0 Å². The molecule has 0 saturated carbocycles. The van der Waals surface area contributed by atoms with Gasteiger partial charge in [0, 0.05) is 56.5 Å². The van der Waals surface area contributed by atoms with Gasteiger partial charge in [-0.3, -0.25) is 4.98 Å². The summed E-state index contributed by atoms with van der Waals surface area (Å²) in [6.07, 6.45) is 1.96. The van der Waals surface area contributed by atoms with Crippen LogP contribution in [0.15, 0.2) is 12.3 Å². The number of pyridine rings is 1. The van der Waals surface area contributed by atoms with Crippen molar-refractivity contribution in [1.82, 2.24) is 10.3 Å². The zero-order valence-corrected chi connectivity index (χ0v) is 13.2. The standard InChI is InChI=1S/C15H27N3O2/c1-11(2)16-7-13-8-17-12(3)6-15(13)18-9-14(20-5)10-19-4/h6,8,11,14,16H,7,9-10H2,1-5H3,(H,17,18). The van der Waals surface area contributed by atoms with Crippen LogP contribution in [0.2, 0.25) is 0 Å². The molecule has 20 heavy (non-hydrogen) atoms. The molecule has 0 aliphatic rings. The van der Waals surface area contributed by atoms with Gasteiger partial charge in [0.2, 0.25) is 0 Å². The monoisotopic (exact) mass is 281 g/mol. The lowest BCUT2D eigenvalue weighted by molar-refractivity contribution is 0.0365. The lowest BCUT2D eigenvalue weighted by atomic mass is 10.2. The number of ether oxygens (including phenoxy) is 2. The van der Waals surface area contributed by atoms with E-state index in [4.69, 9.17) is 9.47 Å². The van der Waals surface area contributed by atoms with E-state index in [1.165, 1.54) is 0 Å². The number of rotatable bonds is 9. The van der Waals surface area contributed by atoms with Crippen LogP contribution in [0, 0.1) is 6.92 Å². The molecule has 0 amide bonds. The molecule has 0 radical (unpaired) electrons. The zero-order valence-electron chi connectivity index (χ0n) is 13.2. The molecule has 1 aromatic heterocycles. The second-order valence-corrected chi connectivity index (χ2v) is 5.21. The van der Waals surface area contributed by atoms with E-state index in [-0.39, 0.29) is 6.10 Å². The topological polar surface area (TPSA) is 55.4 Å². The minimum Gasteiger partial charge on any atom is -0.382 e. The smallest absolute Gasteiger partial charge is 0.0976 e. The fourth-order valence-corrected chi connectivity index (χ4v) is 1.83. The minimum absolute atomic E-state index is 0.0411. The summed E-state index contributed by atoms with van der Waals surface area (Å²) in [7, 11) is 3.38. The fourth-order valence-electron chi connectivity index (χ4n) is 1.83. The van der Waals surface area contributed by atoms with Gasteiger partial charge < -0.3 is 20.1 Å². The first-order valence-corrected chi connectivity index (χ1v) is 7.01. The average molecular weight is 281 g/mol. The summed E-state index contributed by atoms with van der Waals surface area (Å²) in [5.74, 6) is 0.